The molecule has 0 aromatic heterocycles. The Bertz CT molecular complexity index is 1170. The molecule has 0 aliphatic heterocycles. The summed E-state index contributed by atoms with van der Waals surface area (Å²) in [6.07, 6.45) is 1.05. The first-order valence-corrected chi connectivity index (χ1v) is 12.4. The van der Waals surface area contributed by atoms with E-state index in [1.807, 2.05) is 76.2 Å². The van der Waals surface area contributed by atoms with Crippen LogP contribution in [0.3, 0.4) is 0 Å². The number of carbonyl (C=O) groups excluding carboxylic acids is 2. The number of hydrogen-bond acceptors (Lipinski definition) is 3. The average Bonchev–Trinajstić information content (AvgIpc) is 2.88. The van der Waals surface area contributed by atoms with Gasteiger partial charge in [-0.25, -0.2) is 4.39 Å². The fourth-order valence-corrected chi connectivity index (χ4v) is 3.91. The number of rotatable bonds is 11. The van der Waals surface area contributed by atoms with Crippen molar-refractivity contribution in [1.29, 1.82) is 0 Å². The van der Waals surface area contributed by atoms with Gasteiger partial charge in [-0.2, -0.15) is 0 Å². The molecule has 2 amide bonds. The molecular formula is C30H35FN2O3. The highest BCUT2D eigenvalue weighted by Gasteiger charge is 2.31. The van der Waals surface area contributed by atoms with Crippen LogP contribution in [0.25, 0.3) is 0 Å². The van der Waals surface area contributed by atoms with Gasteiger partial charge in [0.25, 0.3) is 5.91 Å². The maximum Gasteiger partial charge on any atom is 0.261 e. The van der Waals surface area contributed by atoms with Crippen LogP contribution in [0.2, 0.25) is 0 Å². The maximum absolute atomic E-state index is 14.6. The third-order valence-corrected chi connectivity index (χ3v) is 6.48. The van der Waals surface area contributed by atoms with Gasteiger partial charge in [0.1, 0.15) is 17.6 Å². The van der Waals surface area contributed by atoms with E-state index in [-0.39, 0.29) is 31.0 Å². The minimum Gasteiger partial charge on any atom is -0.483 e. The monoisotopic (exact) mass is 490 g/mol. The molecule has 0 saturated heterocycles. The van der Waals surface area contributed by atoms with Crippen LogP contribution in [0, 0.1) is 19.7 Å². The molecular weight excluding hydrogens is 455 g/mol. The molecule has 0 unspecified atom stereocenters. The normalized spacial score (nSPS) is 12.5. The summed E-state index contributed by atoms with van der Waals surface area (Å²) in [5.74, 6) is -0.478. The zero-order chi connectivity index (χ0) is 26.1. The van der Waals surface area contributed by atoms with Gasteiger partial charge < -0.3 is 15.0 Å². The van der Waals surface area contributed by atoms with E-state index in [0.717, 1.165) is 23.1 Å². The molecule has 0 fully saturated rings. The van der Waals surface area contributed by atoms with E-state index in [0.29, 0.717) is 17.7 Å². The molecule has 3 aromatic rings. The summed E-state index contributed by atoms with van der Waals surface area (Å²) in [7, 11) is 0. The number of ether oxygens (including phenoxy) is 1. The lowest BCUT2D eigenvalue weighted by Crippen LogP contribution is -2.53. The predicted molar refractivity (Wildman–Crippen MR) is 140 cm³/mol. The molecule has 3 rings (SSSR count). The van der Waals surface area contributed by atoms with E-state index in [4.69, 9.17) is 4.74 Å². The molecule has 36 heavy (non-hydrogen) atoms. The van der Waals surface area contributed by atoms with Crippen LogP contribution in [-0.4, -0.2) is 35.4 Å². The van der Waals surface area contributed by atoms with E-state index in [1.165, 1.54) is 11.0 Å². The van der Waals surface area contributed by atoms with Gasteiger partial charge in [-0.15, -0.1) is 0 Å². The lowest BCUT2D eigenvalue weighted by Gasteiger charge is -2.32. The Morgan fingerprint density at radius 2 is 1.67 bits per heavy atom. The van der Waals surface area contributed by atoms with E-state index in [2.05, 4.69) is 5.32 Å². The van der Waals surface area contributed by atoms with Gasteiger partial charge in [-0.3, -0.25) is 9.59 Å². The summed E-state index contributed by atoms with van der Waals surface area (Å²) in [6.45, 7) is 7.50. The predicted octanol–water partition coefficient (Wildman–Crippen LogP) is 5.38. The van der Waals surface area contributed by atoms with Crippen molar-refractivity contribution in [2.75, 3.05) is 6.61 Å². The molecule has 1 N–H and O–H groups in total. The van der Waals surface area contributed by atoms with Gasteiger partial charge in [0.15, 0.2) is 6.61 Å². The van der Waals surface area contributed by atoms with Crippen molar-refractivity contribution >= 4 is 11.8 Å². The zero-order valence-corrected chi connectivity index (χ0v) is 21.5. The second kappa shape index (κ2) is 12.9. The number of aryl methyl sites for hydroxylation is 1. The summed E-state index contributed by atoms with van der Waals surface area (Å²) in [6, 6.07) is 20.6. The van der Waals surface area contributed by atoms with Crippen LogP contribution in [-0.2, 0) is 22.6 Å². The van der Waals surface area contributed by atoms with Crippen molar-refractivity contribution < 1.29 is 18.7 Å². The Kier molecular flexibility index (Phi) is 9.62. The van der Waals surface area contributed by atoms with Crippen LogP contribution in [0.5, 0.6) is 5.75 Å². The number of benzene rings is 3. The molecule has 190 valence electrons. The third-order valence-electron chi connectivity index (χ3n) is 6.48. The summed E-state index contributed by atoms with van der Waals surface area (Å²) < 4.78 is 20.5. The Labute approximate surface area is 213 Å². The van der Waals surface area contributed by atoms with E-state index in [9.17, 15) is 14.0 Å². The van der Waals surface area contributed by atoms with Gasteiger partial charge >= 0.3 is 0 Å². The van der Waals surface area contributed by atoms with Crippen LogP contribution >= 0.6 is 0 Å². The van der Waals surface area contributed by atoms with Crippen molar-refractivity contribution in [3.63, 3.8) is 0 Å². The molecule has 3 aromatic carbocycles. The average molecular weight is 491 g/mol. The van der Waals surface area contributed by atoms with Crippen LogP contribution < -0.4 is 10.1 Å². The number of nitrogens with zero attached hydrogens (tertiary/aromatic N) is 1. The molecule has 0 aliphatic carbocycles. The smallest absolute Gasteiger partial charge is 0.261 e. The molecule has 0 saturated carbocycles. The minimum absolute atomic E-state index is 0.0485. The topological polar surface area (TPSA) is 58.6 Å². The molecule has 0 radical (unpaired) electrons. The number of hydrogen-bond donors (Lipinski definition) is 1. The molecule has 5 nitrogen and oxygen atoms in total. The van der Waals surface area contributed by atoms with Gasteiger partial charge in [0, 0.05) is 24.6 Å². The quantitative estimate of drug-likeness (QED) is 0.393. The van der Waals surface area contributed by atoms with Gasteiger partial charge in [-0.1, -0.05) is 67.6 Å². The molecule has 0 aliphatic rings. The van der Waals surface area contributed by atoms with Crippen LogP contribution in [0.4, 0.5) is 4.39 Å². The van der Waals surface area contributed by atoms with Gasteiger partial charge in [0.2, 0.25) is 5.91 Å². The van der Waals surface area contributed by atoms with Gasteiger partial charge in [-0.05, 0) is 56.0 Å². The van der Waals surface area contributed by atoms with E-state index < -0.39 is 11.9 Å². The largest absolute Gasteiger partial charge is 0.483 e. The zero-order valence-electron chi connectivity index (χ0n) is 21.5. The van der Waals surface area contributed by atoms with Crippen molar-refractivity contribution in [3.8, 4) is 5.75 Å². The third kappa shape index (κ3) is 7.17. The lowest BCUT2D eigenvalue weighted by molar-refractivity contribution is -0.143. The summed E-state index contributed by atoms with van der Waals surface area (Å²) in [5.41, 5.74) is 3.25. The molecule has 6 heteroatoms. The molecule has 2 atom stereocenters. The number of halogens is 1. The van der Waals surface area contributed by atoms with E-state index >= 15 is 0 Å². The Morgan fingerprint density at radius 3 is 2.36 bits per heavy atom. The fourth-order valence-electron chi connectivity index (χ4n) is 3.91. The Hall–Kier alpha value is -3.67. The Morgan fingerprint density at radius 1 is 0.972 bits per heavy atom. The second-order valence-corrected chi connectivity index (χ2v) is 9.12. The summed E-state index contributed by atoms with van der Waals surface area (Å²) in [5, 5.41) is 3.01. The van der Waals surface area contributed by atoms with Crippen molar-refractivity contribution in [1.82, 2.24) is 10.2 Å². The minimum atomic E-state index is -0.837. The van der Waals surface area contributed by atoms with Crippen molar-refractivity contribution in [2.24, 2.45) is 0 Å². The van der Waals surface area contributed by atoms with Crippen LogP contribution in [0.15, 0.2) is 72.8 Å². The standard InChI is InChI=1S/C30H35FN2O3/c1-5-22(3)32-30(35)27(18-24-13-7-6-8-14-24)33(19-25-15-9-10-16-26(25)31)29(34)20-36-28-17-11-12-21(2)23(28)4/h6-17,22,27H,5,18-20H2,1-4H3,(H,32,35)/t22-,27-/m1/s1. The van der Waals surface area contributed by atoms with Crippen molar-refractivity contribution in [3.05, 3.63) is 101 Å². The van der Waals surface area contributed by atoms with Crippen LogP contribution in [0.1, 0.15) is 42.5 Å². The fraction of sp³-hybridized carbons (Fsp3) is 0.333. The number of nitrogens with one attached hydrogen (secondary N) is 1. The maximum atomic E-state index is 14.6. The highest BCUT2D eigenvalue weighted by molar-refractivity contribution is 5.88. The SMILES string of the molecule is CC[C@@H](C)NC(=O)[C@@H](Cc1ccccc1)N(Cc1ccccc1F)C(=O)COc1cccc(C)c1C. The molecule has 0 heterocycles. The van der Waals surface area contributed by atoms with Gasteiger partial charge in [0.05, 0.1) is 0 Å². The molecule has 0 spiro atoms. The number of carbonyl (C=O) groups is 2. The second-order valence-electron chi connectivity index (χ2n) is 9.12. The van der Waals surface area contributed by atoms with Crippen molar-refractivity contribution in [2.45, 2.75) is 59.2 Å². The Balaban J connectivity index is 1.94. The molecule has 0 bridgehead atoms. The summed E-state index contributed by atoms with van der Waals surface area (Å²) >= 11 is 0. The highest BCUT2D eigenvalue weighted by Crippen LogP contribution is 2.22. The number of amides is 2. The van der Waals surface area contributed by atoms with E-state index in [1.54, 1.807) is 18.2 Å². The first kappa shape index (κ1) is 26.9. The first-order chi connectivity index (χ1) is 17.3. The summed E-state index contributed by atoms with van der Waals surface area (Å²) in [4.78, 5) is 28.5. The lowest BCUT2D eigenvalue weighted by atomic mass is 10.0. The first-order valence-electron chi connectivity index (χ1n) is 12.4. The highest BCUT2D eigenvalue weighted by atomic mass is 19.1.